The highest BCUT2D eigenvalue weighted by atomic mass is 32.1. The molecule has 0 fully saturated rings. The van der Waals surface area contributed by atoms with Crippen LogP contribution in [0.3, 0.4) is 0 Å². The minimum absolute atomic E-state index is 0.00355. The van der Waals surface area contributed by atoms with E-state index in [0.29, 0.717) is 32.0 Å². The summed E-state index contributed by atoms with van der Waals surface area (Å²) in [4.78, 5) is 32.1. The number of carbonyl (C=O) groups excluding carboxylic acids is 2. The Labute approximate surface area is 225 Å². The molecular weight excluding hydrogens is 480 g/mol. The maximum Gasteiger partial charge on any atom is 0.242 e. The van der Waals surface area contributed by atoms with E-state index >= 15 is 0 Å². The Morgan fingerprint density at radius 2 is 1.92 bits per heavy atom. The van der Waals surface area contributed by atoms with E-state index in [9.17, 15) is 9.59 Å². The number of benzene rings is 2. The number of aryl methyl sites for hydroxylation is 2. The van der Waals surface area contributed by atoms with Crippen LogP contribution in [0, 0.1) is 19.8 Å². The molecule has 37 heavy (non-hydrogen) atoms. The molecule has 0 saturated carbocycles. The van der Waals surface area contributed by atoms with E-state index in [0.717, 1.165) is 29.7 Å². The average molecular weight is 519 g/mol. The van der Waals surface area contributed by atoms with Crippen molar-refractivity contribution in [3.8, 4) is 5.75 Å². The van der Waals surface area contributed by atoms with Crippen LogP contribution in [0.25, 0.3) is 0 Å². The molecule has 6 heteroatoms. The lowest BCUT2D eigenvalue weighted by atomic mass is 10.00. The van der Waals surface area contributed by atoms with Crippen LogP contribution in [0.4, 0.5) is 0 Å². The van der Waals surface area contributed by atoms with Gasteiger partial charge >= 0.3 is 0 Å². The molecule has 0 spiro atoms. The predicted octanol–water partition coefficient (Wildman–Crippen LogP) is 5.99. The number of hydrogen-bond acceptors (Lipinski definition) is 4. The first kappa shape index (κ1) is 26.9. The zero-order chi connectivity index (χ0) is 26.4. The molecule has 1 aromatic heterocycles. The van der Waals surface area contributed by atoms with Crippen LogP contribution in [0.5, 0.6) is 5.75 Å². The molecule has 4 rings (SSSR count). The minimum Gasteiger partial charge on any atom is -0.491 e. The molecule has 0 N–H and O–H groups in total. The maximum atomic E-state index is 13.8. The Morgan fingerprint density at radius 3 is 2.65 bits per heavy atom. The molecular formula is C31H38N2O3S. The largest absolute Gasteiger partial charge is 0.491 e. The molecule has 2 amide bonds. The van der Waals surface area contributed by atoms with Crippen LogP contribution >= 0.6 is 11.3 Å². The number of amides is 2. The fraction of sp³-hybridized carbons (Fsp3) is 0.419. The summed E-state index contributed by atoms with van der Waals surface area (Å²) in [6, 6.07) is 17.9. The third-order valence-electron chi connectivity index (χ3n) is 7.25. The van der Waals surface area contributed by atoms with Crippen molar-refractivity contribution in [2.75, 3.05) is 26.2 Å². The highest BCUT2D eigenvalue weighted by Gasteiger charge is 2.33. The van der Waals surface area contributed by atoms with Gasteiger partial charge in [-0.3, -0.25) is 9.59 Å². The van der Waals surface area contributed by atoms with Gasteiger partial charge in [0.15, 0.2) is 0 Å². The van der Waals surface area contributed by atoms with E-state index < -0.39 is 0 Å². The first-order chi connectivity index (χ1) is 17.9. The van der Waals surface area contributed by atoms with Crippen LogP contribution in [0.2, 0.25) is 0 Å². The van der Waals surface area contributed by atoms with Crippen LogP contribution in [-0.4, -0.2) is 47.9 Å². The Bertz CT molecular complexity index is 1210. The topological polar surface area (TPSA) is 49.9 Å². The second-order valence-corrected chi connectivity index (χ2v) is 11.2. The van der Waals surface area contributed by atoms with Gasteiger partial charge in [-0.2, -0.15) is 0 Å². The number of ether oxygens (including phenoxy) is 1. The molecule has 1 aliphatic rings. The summed E-state index contributed by atoms with van der Waals surface area (Å²) < 4.78 is 6.28. The monoisotopic (exact) mass is 518 g/mol. The molecule has 0 radical (unpaired) electrons. The number of fused-ring (bicyclic) bond motifs is 1. The van der Waals surface area contributed by atoms with Gasteiger partial charge in [0, 0.05) is 18.0 Å². The standard InChI is InChI=1S/C31H38N2O3S/c1-5-22(2)19-32(30(34)18-25-9-7-6-8-10-25)20-31(35)33-15-13-29-26(14-16-37-29)27(33)21-36-28-12-11-23(3)17-24(28)4/h6-12,14,16-17,22,27H,5,13,15,18-21H2,1-4H3/t22-,27+/m0/s1. The van der Waals surface area contributed by atoms with Gasteiger partial charge in [0.2, 0.25) is 11.8 Å². The number of carbonyl (C=O) groups is 2. The van der Waals surface area contributed by atoms with Crippen molar-refractivity contribution in [1.82, 2.24) is 9.80 Å². The average Bonchev–Trinajstić information content (AvgIpc) is 3.37. The summed E-state index contributed by atoms with van der Waals surface area (Å²) in [7, 11) is 0. The third kappa shape index (κ3) is 6.80. The normalized spacial score (nSPS) is 15.7. The van der Waals surface area contributed by atoms with Crippen molar-refractivity contribution in [3.63, 3.8) is 0 Å². The van der Waals surface area contributed by atoms with Crippen molar-refractivity contribution in [2.24, 2.45) is 5.92 Å². The molecule has 196 valence electrons. The van der Waals surface area contributed by atoms with Gasteiger partial charge in [-0.1, -0.05) is 68.3 Å². The Balaban J connectivity index is 1.51. The summed E-state index contributed by atoms with van der Waals surface area (Å²) in [6.45, 7) is 10.1. The molecule has 5 nitrogen and oxygen atoms in total. The first-order valence-corrected chi connectivity index (χ1v) is 14.1. The van der Waals surface area contributed by atoms with Crippen molar-refractivity contribution in [3.05, 3.63) is 87.1 Å². The summed E-state index contributed by atoms with van der Waals surface area (Å²) in [5, 5.41) is 2.10. The molecule has 3 aromatic rings. The molecule has 0 bridgehead atoms. The van der Waals surface area contributed by atoms with E-state index in [4.69, 9.17) is 4.74 Å². The lowest BCUT2D eigenvalue weighted by Crippen LogP contribution is -2.48. The summed E-state index contributed by atoms with van der Waals surface area (Å²) in [6.07, 6.45) is 2.10. The van der Waals surface area contributed by atoms with Crippen LogP contribution in [-0.2, 0) is 22.4 Å². The molecule has 0 aliphatic carbocycles. The molecule has 2 atom stereocenters. The number of hydrogen-bond donors (Lipinski definition) is 0. The van der Waals surface area contributed by atoms with Crippen molar-refractivity contribution < 1.29 is 14.3 Å². The highest BCUT2D eigenvalue weighted by molar-refractivity contribution is 7.10. The van der Waals surface area contributed by atoms with Crippen LogP contribution in [0.1, 0.15) is 53.4 Å². The second-order valence-electron chi connectivity index (χ2n) is 10.2. The maximum absolute atomic E-state index is 13.8. The highest BCUT2D eigenvalue weighted by Crippen LogP contribution is 2.34. The Kier molecular flexibility index (Phi) is 9.04. The summed E-state index contributed by atoms with van der Waals surface area (Å²) in [5.74, 6) is 1.14. The molecule has 1 aliphatic heterocycles. The third-order valence-corrected chi connectivity index (χ3v) is 8.24. The van der Waals surface area contributed by atoms with Gasteiger partial charge in [-0.15, -0.1) is 11.3 Å². The molecule has 0 unspecified atom stereocenters. The van der Waals surface area contributed by atoms with Crippen LogP contribution < -0.4 is 4.74 Å². The van der Waals surface area contributed by atoms with Crippen molar-refractivity contribution >= 4 is 23.2 Å². The zero-order valence-electron chi connectivity index (χ0n) is 22.4. The van der Waals surface area contributed by atoms with Crippen molar-refractivity contribution in [2.45, 2.75) is 53.0 Å². The van der Waals surface area contributed by atoms with E-state index in [1.54, 1.807) is 16.2 Å². The summed E-state index contributed by atoms with van der Waals surface area (Å²) in [5.41, 5.74) is 4.42. The quantitative estimate of drug-likeness (QED) is 0.331. The van der Waals surface area contributed by atoms with E-state index in [1.807, 2.05) is 54.3 Å². The van der Waals surface area contributed by atoms with E-state index in [2.05, 4.69) is 38.3 Å². The van der Waals surface area contributed by atoms with Gasteiger partial charge in [-0.25, -0.2) is 0 Å². The predicted molar refractivity (Wildman–Crippen MR) is 150 cm³/mol. The van der Waals surface area contributed by atoms with Gasteiger partial charge < -0.3 is 14.5 Å². The lowest BCUT2D eigenvalue weighted by Gasteiger charge is -2.37. The minimum atomic E-state index is -0.169. The number of rotatable bonds is 10. The van der Waals surface area contributed by atoms with E-state index in [1.165, 1.54) is 16.0 Å². The number of nitrogens with zero attached hydrogens (tertiary/aromatic N) is 2. The molecule has 2 heterocycles. The number of thiophene rings is 1. The zero-order valence-corrected chi connectivity index (χ0v) is 23.2. The molecule has 2 aromatic carbocycles. The smallest absolute Gasteiger partial charge is 0.242 e. The second kappa shape index (κ2) is 12.4. The first-order valence-electron chi connectivity index (χ1n) is 13.2. The van der Waals surface area contributed by atoms with Crippen molar-refractivity contribution in [1.29, 1.82) is 0 Å². The fourth-order valence-corrected chi connectivity index (χ4v) is 5.83. The fourth-order valence-electron chi connectivity index (χ4n) is 4.90. The van der Waals surface area contributed by atoms with Crippen LogP contribution in [0.15, 0.2) is 60.0 Å². The SMILES string of the molecule is CC[C@H](C)CN(CC(=O)N1CCc2sccc2[C@H]1COc1ccc(C)cc1C)C(=O)Cc1ccccc1. The van der Waals surface area contributed by atoms with Gasteiger partial charge in [0.25, 0.3) is 0 Å². The molecule has 0 saturated heterocycles. The Hall–Kier alpha value is -3.12. The lowest BCUT2D eigenvalue weighted by molar-refractivity contribution is -0.143. The Morgan fingerprint density at radius 1 is 1.14 bits per heavy atom. The van der Waals surface area contributed by atoms with E-state index in [-0.39, 0.29) is 24.4 Å². The van der Waals surface area contributed by atoms with Gasteiger partial charge in [0.1, 0.15) is 12.4 Å². The summed E-state index contributed by atoms with van der Waals surface area (Å²) >= 11 is 1.74. The van der Waals surface area contributed by atoms with Gasteiger partial charge in [0.05, 0.1) is 19.0 Å². The van der Waals surface area contributed by atoms with Gasteiger partial charge in [-0.05, 0) is 60.4 Å².